The topological polar surface area (TPSA) is 63.1 Å². The lowest BCUT2D eigenvalue weighted by atomic mass is 10.0. The molecule has 0 bridgehead atoms. The minimum atomic E-state index is -0.271. The molecular formula is C19H27N5O2. The molecule has 0 spiro atoms. The maximum absolute atomic E-state index is 12.6. The largest absolute Gasteiger partial charge is 0.378 e. The van der Waals surface area contributed by atoms with Crippen LogP contribution in [0.4, 0.5) is 10.5 Å². The van der Waals surface area contributed by atoms with Crippen molar-refractivity contribution in [2.75, 3.05) is 71.5 Å². The normalized spacial score (nSPS) is 19.7. The molecule has 0 N–H and O–H groups in total. The number of carbonyl (C=O) groups is 1. The molecule has 1 aromatic rings. The average Bonchev–Trinajstić information content (AvgIpc) is 2.69. The van der Waals surface area contributed by atoms with Gasteiger partial charge in [0.25, 0.3) is 0 Å². The summed E-state index contributed by atoms with van der Waals surface area (Å²) in [5.74, 6) is 0. The predicted octanol–water partition coefficient (Wildman–Crippen LogP) is 1.39. The van der Waals surface area contributed by atoms with Gasteiger partial charge in [0.2, 0.25) is 0 Å². The highest BCUT2D eigenvalue weighted by Gasteiger charge is 2.29. The van der Waals surface area contributed by atoms with Crippen LogP contribution in [-0.4, -0.2) is 87.3 Å². The first kappa shape index (κ1) is 18.5. The van der Waals surface area contributed by atoms with Crippen LogP contribution >= 0.6 is 0 Å². The van der Waals surface area contributed by atoms with Gasteiger partial charge < -0.3 is 19.4 Å². The van der Waals surface area contributed by atoms with Crippen LogP contribution in [0.5, 0.6) is 0 Å². The van der Waals surface area contributed by atoms with E-state index in [-0.39, 0.29) is 12.1 Å². The number of piperazine rings is 1. The van der Waals surface area contributed by atoms with Crippen LogP contribution in [-0.2, 0) is 4.74 Å². The van der Waals surface area contributed by atoms with Crippen molar-refractivity contribution in [2.45, 2.75) is 6.04 Å². The van der Waals surface area contributed by atoms with E-state index in [9.17, 15) is 10.1 Å². The zero-order valence-electron chi connectivity index (χ0n) is 15.6. The molecule has 0 saturated carbocycles. The minimum Gasteiger partial charge on any atom is -0.378 e. The molecule has 1 atom stereocenters. The van der Waals surface area contributed by atoms with Crippen LogP contribution in [0.2, 0.25) is 0 Å². The van der Waals surface area contributed by atoms with Crippen LogP contribution < -0.4 is 4.90 Å². The zero-order valence-corrected chi connectivity index (χ0v) is 15.6. The van der Waals surface area contributed by atoms with Gasteiger partial charge in [-0.3, -0.25) is 4.90 Å². The van der Waals surface area contributed by atoms with Crippen LogP contribution in [0, 0.1) is 11.3 Å². The van der Waals surface area contributed by atoms with E-state index in [1.165, 1.54) is 0 Å². The van der Waals surface area contributed by atoms with E-state index in [2.05, 4.69) is 11.0 Å². The molecule has 0 aromatic heterocycles. The molecule has 3 rings (SSSR count). The fourth-order valence-corrected chi connectivity index (χ4v) is 3.45. The van der Waals surface area contributed by atoms with E-state index in [4.69, 9.17) is 4.74 Å². The Hall–Kier alpha value is -2.30. The molecule has 2 heterocycles. The van der Waals surface area contributed by atoms with Gasteiger partial charge >= 0.3 is 6.03 Å². The Morgan fingerprint density at radius 2 is 1.62 bits per heavy atom. The summed E-state index contributed by atoms with van der Waals surface area (Å²) in [6.07, 6.45) is 0. The standard InChI is InChI=1S/C19H27N5O2/c1-21(2)17-5-3-16(4-6-17)18(15-20)22-7-9-23(10-8-22)19(25)24-11-13-26-14-12-24/h3-6,18H,7-14H2,1-2H3. The number of rotatable bonds is 3. The summed E-state index contributed by atoms with van der Waals surface area (Å²) in [6, 6.07) is 10.4. The predicted molar refractivity (Wildman–Crippen MR) is 100 cm³/mol. The molecule has 2 aliphatic heterocycles. The molecule has 2 amide bonds. The van der Waals surface area contributed by atoms with Gasteiger partial charge in [0, 0.05) is 59.1 Å². The quantitative estimate of drug-likeness (QED) is 0.818. The van der Waals surface area contributed by atoms with Gasteiger partial charge in [0.1, 0.15) is 6.04 Å². The van der Waals surface area contributed by atoms with E-state index < -0.39 is 0 Å². The zero-order chi connectivity index (χ0) is 18.5. The summed E-state index contributed by atoms with van der Waals surface area (Å²) in [7, 11) is 4.00. The van der Waals surface area contributed by atoms with Crippen LogP contribution in [0.15, 0.2) is 24.3 Å². The van der Waals surface area contributed by atoms with Crippen molar-refractivity contribution in [2.24, 2.45) is 0 Å². The molecule has 1 unspecified atom stereocenters. The second kappa shape index (κ2) is 8.39. The molecule has 2 fully saturated rings. The Morgan fingerprint density at radius 1 is 1.04 bits per heavy atom. The molecule has 0 radical (unpaired) electrons. The van der Waals surface area contributed by atoms with Crippen molar-refractivity contribution in [1.82, 2.24) is 14.7 Å². The SMILES string of the molecule is CN(C)c1ccc(C(C#N)N2CCN(C(=O)N3CCOCC3)CC2)cc1. The van der Waals surface area contributed by atoms with Crippen LogP contribution in [0.1, 0.15) is 11.6 Å². The van der Waals surface area contributed by atoms with E-state index in [1.807, 2.05) is 53.1 Å². The lowest BCUT2D eigenvalue weighted by Crippen LogP contribution is -2.55. The summed E-state index contributed by atoms with van der Waals surface area (Å²) in [6.45, 7) is 5.30. The number of carbonyl (C=O) groups excluding carboxylic acids is 1. The number of benzene rings is 1. The van der Waals surface area contributed by atoms with Crippen molar-refractivity contribution in [3.63, 3.8) is 0 Å². The molecule has 2 aliphatic rings. The molecule has 7 nitrogen and oxygen atoms in total. The Labute approximate surface area is 155 Å². The van der Waals surface area contributed by atoms with Crippen LogP contribution in [0.25, 0.3) is 0 Å². The van der Waals surface area contributed by atoms with Crippen molar-refractivity contribution >= 4 is 11.7 Å². The van der Waals surface area contributed by atoms with Gasteiger partial charge in [-0.1, -0.05) is 12.1 Å². The number of hydrogen-bond acceptors (Lipinski definition) is 5. The Morgan fingerprint density at radius 3 is 2.15 bits per heavy atom. The first-order valence-electron chi connectivity index (χ1n) is 9.12. The smallest absolute Gasteiger partial charge is 0.320 e. The van der Waals surface area contributed by atoms with Gasteiger partial charge in [-0.2, -0.15) is 5.26 Å². The second-order valence-corrected chi connectivity index (χ2v) is 6.92. The molecular weight excluding hydrogens is 330 g/mol. The van der Waals surface area contributed by atoms with Gasteiger partial charge in [0.05, 0.1) is 19.3 Å². The highest BCUT2D eigenvalue weighted by molar-refractivity contribution is 5.74. The van der Waals surface area contributed by atoms with Gasteiger partial charge in [-0.25, -0.2) is 4.79 Å². The lowest BCUT2D eigenvalue weighted by Gasteiger charge is -2.39. The second-order valence-electron chi connectivity index (χ2n) is 6.92. The molecule has 7 heteroatoms. The monoisotopic (exact) mass is 357 g/mol. The minimum absolute atomic E-state index is 0.0943. The number of morpholine rings is 1. The van der Waals surface area contributed by atoms with Gasteiger partial charge in [0.15, 0.2) is 0 Å². The molecule has 2 saturated heterocycles. The molecule has 1 aromatic carbocycles. The summed E-state index contributed by atoms with van der Waals surface area (Å²) in [5, 5.41) is 9.68. The third kappa shape index (κ3) is 4.09. The maximum Gasteiger partial charge on any atom is 0.320 e. The Kier molecular flexibility index (Phi) is 5.96. The number of nitrogens with zero attached hydrogens (tertiary/aromatic N) is 5. The van der Waals surface area contributed by atoms with E-state index in [1.54, 1.807) is 0 Å². The Balaban J connectivity index is 1.59. The first-order chi connectivity index (χ1) is 12.6. The van der Waals surface area contributed by atoms with E-state index >= 15 is 0 Å². The molecule has 140 valence electrons. The first-order valence-corrected chi connectivity index (χ1v) is 9.12. The number of hydrogen-bond donors (Lipinski definition) is 0. The summed E-state index contributed by atoms with van der Waals surface area (Å²) >= 11 is 0. The number of urea groups is 1. The average molecular weight is 357 g/mol. The fraction of sp³-hybridized carbons (Fsp3) is 0.579. The van der Waals surface area contributed by atoms with Crippen molar-refractivity contribution in [1.29, 1.82) is 5.26 Å². The van der Waals surface area contributed by atoms with Crippen LogP contribution in [0.3, 0.4) is 0 Å². The fourth-order valence-electron chi connectivity index (χ4n) is 3.45. The summed E-state index contributed by atoms with van der Waals surface area (Å²) in [5.41, 5.74) is 2.12. The van der Waals surface area contributed by atoms with E-state index in [0.29, 0.717) is 52.5 Å². The number of anilines is 1. The van der Waals surface area contributed by atoms with Crippen molar-refractivity contribution < 1.29 is 9.53 Å². The third-order valence-electron chi connectivity index (χ3n) is 5.08. The third-order valence-corrected chi connectivity index (χ3v) is 5.08. The maximum atomic E-state index is 12.6. The summed E-state index contributed by atoms with van der Waals surface area (Å²) < 4.78 is 5.31. The highest BCUT2D eigenvalue weighted by atomic mass is 16.5. The van der Waals surface area contributed by atoms with E-state index in [0.717, 1.165) is 11.3 Å². The number of nitriles is 1. The lowest BCUT2D eigenvalue weighted by molar-refractivity contribution is 0.0363. The Bertz CT molecular complexity index is 641. The van der Waals surface area contributed by atoms with Crippen molar-refractivity contribution in [3.8, 4) is 6.07 Å². The highest BCUT2D eigenvalue weighted by Crippen LogP contribution is 2.24. The summed E-state index contributed by atoms with van der Waals surface area (Å²) in [4.78, 5) is 20.5. The van der Waals surface area contributed by atoms with Gasteiger partial charge in [-0.05, 0) is 17.7 Å². The number of amides is 2. The molecule has 26 heavy (non-hydrogen) atoms. The molecule has 0 aliphatic carbocycles. The van der Waals surface area contributed by atoms with Gasteiger partial charge in [-0.15, -0.1) is 0 Å². The van der Waals surface area contributed by atoms with Crippen molar-refractivity contribution in [3.05, 3.63) is 29.8 Å². The number of ether oxygens (including phenoxy) is 1.